The van der Waals surface area contributed by atoms with Gasteiger partial charge in [-0.05, 0) is 243 Å². The standard InChI is InChI=1S/C22H18N.C21H23NO.C20H14S.C18H18N/c1-11-9-13(3)21-19-16(11)7-5-15-6-8-17-12(2)10-14(4)22(23-21)20(17)18(15)19;1-11-9-13(3)20-18-16(11)7-5-15-6-8-17-12(2)10-14(4)21(23-20)19(17)22(15)18;1-11-3-5-14-9-7-13-8-10-15-6-4-12(2)20-18(15)16(13)17(14)19(11)21-20;1-11-5-3-8-15-14-7-4-6-13-10-9-12(2)18(16(13)14)19-17(11)15/h5-10H,1-4H3;9-10,15H,5-8H2,1-4H3;3-10H,1-2H3;3,5,8-10,14H,4,6-7H2,1-2H3/q-1;;;-1. The topological polar surface area (TPSA) is 40.7 Å². The molecule has 19 rings (SSSR count). The Balaban J connectivity index is 0.0000000933. The van der Waals surface area contributed by atoms with Crippen molar-refractivity contribution in [3.8, 4) is 11.5 Å². The van der Waals surface area contributed by atoms with Crippen molar-refractivity contribution in [2.45, 2.75) is 150 Å². The number of para-hydroxylation sites is 1. The number of hydrogen-bond donors (Lipinski definition) is 0. The van der Waals surface area contributed by atoms with Crippen LogP contribution in [0.4, 0.5) is 34.1 Å². The first kappa shape index (κ1) is 53.2. The number of nitrogens with zero attached hydrogens (tertiary/aromatic N) is 3. The minimum atomic E-state index is 0.575. The summed E-state index contributed by atoms with van der Waals surface area (Å²) < 4.78 is 6.52. The third kappa shape index (κ3) is 7.81. The van der Waals surface area contributed by atoms with Crippen molar-refractivity contribution in [3.05, 3.63) is 233 Å². The molecular formula is C81H73N3OS-2. The van der Waals surface area contributed by atoms with E-state index in [1.807, 2.05) is 11.8 Å². The summed E-state index contributed by atoms with van der Waals surface area (Å²) in [5.41, 5.74) is 31.0. The lowest BCUT2D eigenvalue weighted by Crippen LogP contribution is -2.41. The highest BCUT2D eigenvalue weighted by molar-refractivity contribution is 8.00. The van der Waals surface area contributed by atoms with Crippen LogP contribution >= 0.6 is 11.8 Å². The van der Waals surface area contributed by atoms with Gasteiger partial charge in [0.1, 0.15) is 0 Å². The van der Waals surface area contributed by atoms with Gasteiger partial charge in [-0.15, -0.1) is 22.7 Å². The van der Waals surface area contributed by atoms with E-state index >= 15 is 0 Å². The molecule has 0 amide bonds. The van der Waals surface area contributed by atoms with E-state index < -0.39 is 0 Å². The summed E-state index contributed by atoms with van der Waals surface area (Å²) in [5, 5.41) is 26.6. The third-order valence-corrected chi connectivity index (χ3v) is 22.2. The van der Waals surface area contributed by atoms with Gasteiger partial charge >= 0.3 is 0 Å². The Labute approximate surface area is 511 Å². The Bertz CT molecular complexity index is 4780. The van der Waals surface area contributed by atoms with Gasteiger partial charge in [-0.2, -0.15) is 0 Å². The average molecular weight is 1140 g/mol. The van der Waals surface area contributed by atoms with E-state index in [4.69, 9.17) is 15.4 Å². The van der Waals surface area contributed by atoms with E-state index in [1.54, 1.807) is 0 Å². The molecule has 1 unspecified atom stereocenters. The molecule has 0 saturated heterocycles. The van der Waals surface area contributed by atoms with Gasteiger partial charge in [0.05, 0.1) is 11.4 Å². The van der Waals surface area contributed by atoms with E-state index in [0.717, 1.165) is 22.9 Å². The summed E-state index contributed by atoms with van der Waals surface area (Å²) in [4.78, 5) is 5.52. The van der Waals surface area contributed by atoms with Gasteiger partial charge in [0.2, 0.25) is 0 Å². The predicted molar refractivity (Wildman–Crippen MR) is 367 cm³/mol. The molecule has 0 radical (unpaired) electrons. The molecule has 0 bridgehead atoms. The van der Waals surface area contributed by atoms with Crippen LogP contribution in [-0.4, -0.2) is 6.04 Å². The molecule has 86 heavy (non-hydrogen) atoms. The molecule has 12 aromatic carbocycles. The van der Waals surface area contributed by atoms with Crippen LogP contribution in [0.3, 0.4) is 0 Å². The summed E-state index contributed by atoms with van der Waals surface area (Å²) in [6, 6.07) is 48.0. The first-order valence-electron chi connectivity index (χ1n) is 31.5. The highest BCUT2D eigenvalue weighted by Crippen LogP contribution is 2.60. The van der Waals surface area contributed by atoms with Crippen LogP contribution in [-0.2, 0) is 19.3 Å². The molecule has 426 valence electrons. The lowest BCUT2D eigenvalue weighted by atomic mass is 9.74. The molecule has 1 atom stereocenters. The Hall–Kier alpha value is -8.25. The van der Waals surface area contributed by atoms with E-state index in [0.29, 0.717) is 12.0 Å². The zero-order valence-corrected chi connectivity index (χ0v) is 52.7. The predicted octanol–water partition coefficient (Wildman–Crippen LogP) is 24.1. The Kier molecular flexibility index (Phi) is 12.2. The third-order valence-electron chi connectivity index (χ3n) is 20.7. The van der Waals surface area contributed by atoms with Crippen molar-refractivity contribution >= 4 is 111 Å². The summed E-state index contributed by atoms with van der Waals surface area (Å²) in [6.07, 6.45) is 8.70. The van der Waals surface area contributed by atoms with Gasteiger partial charge in [-0.25, -0.2) is 0 Å². The first-order chi connectivity index (χ1) is 41.6. The van der Waals surface area contributed by atoms with Crippen molar-refractivity contribution in [2.24, 2.45) is 0 Å². The Morgan fingerprint density at radius 2 is 0.860 bits per heavy atom. The number of benzene rings is 12. The average Bonchev–Trinajstić information content (AvgIpc) is 0.770. The molecule has 0 spiro atoms. The minimum Gasteiger partial charge on any atom is -0.657 e. The maximum absolute atomic E-state index is 6.52. The lowest BCUT2D eigenvalue weighted by molar-refractivity contribution is 0.429. The van der Waals surface area contributed by atoms with E-state index in [-0.39, 0.29) is 0 Å². The number of anilines is 2. The van der Waals surface area contributed by atoms with Crippen molar-refractivity contribution in [1.29, 1.82) is 0 Å². The van der Waals surface area contributed by atoms with E-state index in [2.05, 4.69) is 215 Å². The number of ether oxygens (including phenoxy) is 1. The highest BCUT2D eigenvalue weighted by atomic mass is 32.2. The van der Waals surface area contributed by atoms with Gasteiger partial charge in [-0.1, -0.05) is 173 Å². The summed E-state index contributed by atoms with van der Waals surface area (Å²) >= 11 is 1.95. The van der Waals surface area contributed by atoms with Gasteiger partial charge in [0.25, 0.3) is 0 Å². The SMILES string of the molecule is Cc1cc(C)c2c3c1CCC1CCc4c(C)cc(C)c(c4N31)O2.Cc1cc(C)c2ccc3ccc4c(C)cc(C)c5c4c3c2c1[N-]5.Cc1ccc2ccc3ccc4ccc(C)c5c4c3c2c1S5.Cc1cccc2c1[N-]c1c(C)ccc3c1C2CCC3. The Morgan fingerprint density at radius 3 is 1.42 bits per heavy atom. The molecule has 0 fully saturated rings. The second kappa shape index (κ2) is 19.6. The number of hydrogen-bond acceptors (Lipinski definition) is 3. The van der Waals surface area contributed by atoms with Crippen LogP contribution in [0.1, 0.15) is 126 Å². The summed E-state index contributed by atoms with van der Waals surface area (Å²) in [6.45, 7) is 26.5. The molecular weight excluding hydrogens is 1060 g/mol. The minimum absolute atomic E-state index is 0.575. The van der Waals surface area contributed by atoms with Gasteiger partial charge < -0.3 is 20.3 Å². The van der Waals surface area contributed by atoms with Crippen LogP contribution in [0.25, 0.3) is 75.3 Å². The van der Waals surface area contributed by atoms with E-state index in [9.17, 15) is 0 Å². The summed E-state index contributed by atoms with van der Waals surface area (Å²) in [5.74, 6) is 2.77. The molecule has 0 N–H and O–H groups in total. The highest BCUT2D eigenvalue weighted by Gasteiger charge is 2.41. The van der Waals surface area contributed by atoms with Crippen LogP contribution < -0.4 is 9.64 Å². The molecule has 12 aromatic rings. The molecule has 6 heterocycles. The number of fused-ring (bicyclic) bond motifs is 2. The van der Waals surface area contributed by atoms with Gasteiger partial charge in [0.15, 0.2) is 11.5 Å². The van der Waals surface area contributed by atoms with E-state index in [1.165, 1.54) is 237 Å². The largest absolute Gasteiger partial charge is 0.657 e. The smallest absolute Gasteiger partial charge is 0.154 e. The molecule has 7 aliphatic rings. The van der Waals surface area contributed by atoms with Crippen molar-refractivity contribution in [1.82, 2.24) is 0 Å². The zero-order chi connectivity index (χ0) is 58.9. The number of rotatable bonds is 0. The van der Waals surface area contributed by atoms with Crippen molar-refractivity contribution in [3.63, 3.8) is 0 Å². The second-order valence-corrected chi connectivity index (χ2v) is 27.3. The zero-order valence-electron chi connectivity index (χ0n) is 51.9. The first-order valence-corrected chi connectivity index (χ1v) is 32.3. The molecule has 6 aliphatic heterocycles. The maximum atomic E-state index is 6.52. The molecule has 4 nitrogen and oxygen atoms in total. The number of aryl methyl sites for hydroxylation is 13. The van der Waals surface area contributed by atoms with Crippen molar-refractivity contribution < 1.29 is 4.74 Å². The fraction of sp³-hybridized carbons (Fsp3) is 0.259. The summed E-state index contributed by atoms with van der Waals surface area (Å²) in [7, 11) is 0. The molecule has 5 heteroatoms. The quantitative estimate of drug-likeness (QED) is 0.142. The van der Waals surface area contributed by atoms with Crippen LogP contribution in [0.2, 0.25) is 0 Å². The lowest BCUT2D eigenvalue weighted by Gasteiger charge is -2.48. The van der Waals surface area contributed by atoms with Crippen LogP contribution in [0, 0.1) is 83.1 Å². The van der Waals surface area contributed by atoms with Crippen LogP contribution in [0.5, 0.6) is 11.5 Å². The second-order valence-electron chi connectivity index (χ2n) is 26.3. The molecule has 0 saturated carbocycles. The molecule has 1 aliphatic carbocycles. The van der Waals surface area contributed by atoms with Crippen LogP contribution in [0.15, 0.2) is 137 Å². The maximum Gasteiger partial charge on any atom is 0.154 e. The van der Waals surface area contributed by atoms with Gasteiger partial charge in [0, 0.05) is 32.5 Å². The normalized spacial score (nSPS) is 15.6. The molecule has 0 aromatic heterocycles. The fourth-order valence-corrected chi connectivity index (χ4v) is 17.8. The monoisotopic (exact) mass is 1140 g/mol. The van der Waals surface area contributed by atoms with Crippen molar-refractivity contribution in [2.75, 3.05) is 4.90 Å². The fourth-order valence-electron chi connectivity index (χ4n) is 16.5. The Morgan fingerprint density at radius 1 is 0.395 bits per heavy atom. The van der Waals surface area contributed by atoms with Gasteiger partial charge in [-0.3, -0.25) is 0 Å².